The second-order valence-electron chi connectivity index (χ2n) is 9.08. The molecule has 0 aliphatic carbocycles. The quantitative estimate of drug-likeness (QED) is 0.231. The van der Waals surface area contributed by atoms with Gasteiger partial charge in [-0.15, -0.1) is 0 Å². The van der Waals surface area contributed by atoms with Crippen molar-refractivity contribution in [1.82, 2.24) is 15.6 Å². The van der Waals surface area contributed by atoms with Crippen molar-refractivity contribution in [2.24, 2.45) is 0 Å². The molecule has 0 unspecified atom stereocenters. The molecule has 0 fully saturated rings. The maximum Gasteiger partial charge on any atom is 0.407 e. The number of rotatable bonds is 9. The lowest BCUT2D eigenvalue weighted by Crippen LogP contribution is -2.32. The lowest BCUT2D eigenvalue weighted by atomic mass is 10.1. The number of thiazole rings is 1. The predicted molar refractivity (Wildman–Crippen MR) is 166 cm³/mol. The van der Waals surface area contributed by atoms with E-state index in [0.29, 0.717) is 34.5 Å². The summed E-state index contributed by atoms with van der Waals surface area (Å²) in [7, 11) is 1.61. The van der Waals surface area contributed by atoms with Gasteiger partial charge in [0.25, 0.3) is 5.91 Å². The zero-order chi connectivity index (χ0) is 30.1. The molecule has 0 radical (unpaired) electrons. The monoisotopic (exact) mass is 566 g/mol. The van der Waals surface area contributed by atoms with Gasteiger partial charge in [0.1, 0.15) is 16.2 Å². The third-order valence-electron chi connectivity index (χ3n) is 4.83. The van der Waals surface area contributed by atoms with Gasteiger partial charge in [-0.05, 0) is 51.0 Å². The molecule has 0 aliphatic heterocycles. The Labute approximate surface area is 242 Å². The van der Waals surface area contributed by atoms with Crippen LogP contribution in [0.5, 0.6) is 5.75 Å². The van der Waals surface area contributed by atoms with E-state index in [0.717, 1.165) is 16.8 Å². The first-order chi connectivity index (χ1) is 19.1. The van der Waals surface area contributed by atoms with Crippen molar-refractivity contribution in [1.29, 1.82) is 0 Å². The summed E-state index contributed by atoms with van der Waals surface area (Å²) < 4.78 is 10.6. The number of alkyl carbamates (subject to hydrolysis) is 1. The van der Waals surface area contributed by atoms with Crippen molar-refractivity contribution in [3.63, 3.8) is 0 Å². The van der Waals surface area contributed by atoms with Crippen LogP contribution in [0.4, 0.5) is 15.6 Å². The van der Waals surface area contributed by atoms with E-state index in [2.05, 4.69) is 34.1 Å². The molecule has 2 aromatic carbocycles. The molecule has 3 aromatic rings. The summed E-state index contributed by atoms with van der Waals surface area (Å²) in [6.07, 6.45) is 2.82. The number of amides is 2. The van der Waals surface area contributed by atoms with Crippen molar-refractivity contribution >= 4 is 34.2 Å². The first kappa shape index (κ1) is 33.9. The number of carbonyl (C=O) groups is 2. The van der Waals surface area contributed by atoms with Gasteiger partial charge in [-0.2, -0.15) is 0 Å². The van der Waals surface area contributed by atoms with Crippen molar-refractivity contribution in [3.8, 4) is 5.75 Å². The molecule has 1 aromatic heterocycles. The van der Waals surface area contributed by atoms with E-state index < -0.39 is 11.7 Å². The smallest absolute Gasteiger partial charge is 0.407 e. The minimum atomic E-state index is -0.534. The van der Waals surface area contributed by atoms with Crippen LogP contribution in [0.2, 0.25) is 0 Å². The number of aryl methyl sites for hydroxylation is 1. The third-order valence-corrected chi connectivity index (χ3v) is 5.90. The fraction of sp³-hybridized carbons (Fsp3) is 0.323. The predicted octanol–water partition coefficient (Wildman–Crippen LogP) is 7.54. The standard InChI is InChI=1S/C25H30N4O4S.C4H6.C2H6/c1-16-21(34-23(28-16)29-19-8-6-7-9-20(19)32-5)22(30)26-14-17-10-12-18(13-11-17)15-27-24(31)33-25(2,3)4;1-3-4-2;1-2/h6-13H,14-15H2,1-5H3,(H,26,30)(H,27,31)(H,28,29);3-4H,1-2H2;1-2H3. The SMILES string of the molecule is C=CC=C.CC.COc1ccccc1Nc1nc(C)c(C(=O)NCc2ccc(CNC(=O)OC(C)(C)C)cc2)s1. The fourth-order valence-electron chi connectivity index (χ4n) is 3.05. The van der Waals surface area contributed by atoms with Gasteiger partial charge in [0.2, 0.25) is 0 Å². The Balaban J connectivity index is 0.00000122. The summed E-state index contributed by atoms with van der Waals surface area (Å²) in [6.45, 7) is 18.7. The lowest BCUT2D eigenvalue weighted by Gasteiger charge is -2.19. The molecule has 0 saturated heterocycles. The second kappa shape index (κ2) is 17.5. The Bertz CT molecular complexity index is 1220. The Kier molecular flexibility index (Phi) is 14.8. The van der Waals surface area contributed by atoms with Crippen molar-refractivity contribution in [2.45, 2.75) is 60.2 Å². The summed E-state index contributed by atoms with van der Waals surface area (Å²) in [6, 6.07) is 15.2. The zero-order valence-corrected chi connectivity index (χ0v) is 25.4. The number of allylic oxidation sites excluding steroid dienone is 2. The van der Waals surface area contributed by atoms with Crippen LogP contribution in [0.15, 0.2) is 73.8 Å². The van der Waals surface area contributed by atoms with Crippen LogP contribution in [0.25, 0.3) is 0 Å². The van der Waals surface area contributed by atoms with Crippen LogP contribution in [0.3, 0.4) is 0 Å². The van der Waals surface area contributed by atoms with E-state index in [9.17, 15) is 9.59 Å². The average molecular weight is 567 g/mol. The molecule has 2 amide bonds. The molecule has 0 saturated carbocycles. The molecule has 9 heteroatoms. The van der Waals surface area contributed by atoms with Crippen LogP contribution < -0.4 is 20.7 Å². The van der Waals surface area contributed by atoms with E-state index in [4.69, 9.17) is 9.47 Å². The highest BCUT2D eigenvalue weighted by molar-refractivity contribution is 7.17. The summed E-state index contributed by atoms with van der Waals surface area (Å²) in [5, 5.41) is 9.50. The molecule has 3 rings (SSSR count). The summed E-state index contributed by atoms with van der Waals surface area (Å²) >= 11 is 1.29. The molecule has 1 heterocycles. The van der Waals surface area contributed by atoms with E-state index >= 15 is 0 Å². The first-order valence-electron chi connectivity index (χ1n) is 13.0. The van der Waals surface area contributed by atoms with E-state index in [-0.39, 0.29) is 5.91 Å². The Morgan fingerprint density at radius 1 is 0.950 bits per heavy atom. The van der Waals surface area contributed by atoms with Crippen LogP contribution in [0, 0.1) is 6.92 Å². The highest BCUT2D eigenvalue weighted by atomic mass is 32.1. The topological polar surface area (TPSA) is 102 Å². The molecule has 0 aliphatic rings. The van der Waals surface area contributed by atoms with Gasteiger partial charge < -0.3 is 25.4 Å². The largest absolute Gasteiger partial charge is 0.495 e. The summed E-state index contributed by atoms with van der Waals surface area (Å²) in [4.78, 5) is 29.5. The first-order valence-corrected chi connectivity index (χ1v) is 13.8. The molecule has 0 bridgehead atoms. The highest BCUT2D eigenvalue weighted by Crippen LogP contribution is 2.30. The van der Waals surface area contributed by atoms with Crippen molar-refractivity contribution < 1.29 is 19.1 Å². The number of hydrogen-bond donors (Lipinski definition) is 3. The van der Waals surface area contributed by atoms with Gasteiger partial charge in [-0.1, -0.05) is 86.9 Å². The summed E-state index contributed by atoms with van der Waals surface area (Å²) in [5.41, 5.74) is 2.79. The Morgan fingerprint density at radius 3 is 2.02 bits per heavy atom. The number of hydrogen-bond acceptors (Lipinski definition) is 7. The number of para-hydroxylation sites is 2. The maximum absolute atomic E-state index is 12.7. The molecular weight excluding hydrogens is 524 g/mol. The Morgan fingerprint density at radius 2 is 1.50 bits per heavy atom. The van der Waals surface area contributed by atoms with Crippen molar-refractivity contribution in [3.05, 3.63) is 95.5 Å². The maximum atomic E-state index is 12.7. The zero-order valence-electron chi connectivity index (χ0n) is 24.6. The number of anilines is 2. The number of aromatic nitrogens is 1. The number of nitrogens with zero attached hydrogens (tertiary/aromatic N) is 1. The van der Waals surface area contributed by atoms with E-state index in [1.54, 1.807) is 19.3 Å². The average Bonchev–Trinajstić information content (AvgIpc) is 3.31. The van der Waals surface area contributed by atoms with E-state index in [1.807, 2.05) is 90.1 Å². The molecule has 3 N–H and O–H groups in total. The molecule has 8 nitrogen and oxygen atoms in total. The van der Waals surface area contributed by atoms with Gasteiger partial charge >= 0.3 is 6.09 Å². The van der Waals surface area contributed by atoms with Crippen LogP contribution in [-0.2, 0) is 17.8 Å². The van der Waals surface area contributed by atoms with Gasteiger partial charge in [-0.3, -0.25) is 4.79 Å². The molecule has 216 valence electrons. The molecular formula is C31H42N4O4S. The minimum Gasteiger partial charge on any atom is -0.495 e. The van der Waals surface area contributed by atoms with Gasteiger partial charge in [-0.25, -0.2) is 9.78 Å². The van der Waals surface area contributed by atoms with Crippen LogP contribution >= 0.6 is 11.3 Å². The number of benzene rings is 2. The van der Waals surface area contributed by atoms with Gasteiger partial charge in [0.15, 0.2) is 5.13 Å². The molecule has 40 heavy (non-hydrogen) atoms. The third kappa shape index (κ3) is 12.2. The normalized spacial score (nSPS) is 9.97. The van der Waals surface area contributed by atoms with E-state index in [1.165, 1.54) is 11.3 Å². The highest BCUT2D eigenvalue weighted by Gasteiger charge is 2.17. The lowest BCUT2D eigenvalue weighted by molar-refractivity contribution is 0.0523. The summed E-state index contributed by atoms with van der Waals surface area (Å²) in [5.74, 6) is 0.518. The number of nitrogens with one attached hydrogen (secondary N) is 3. The van der Waals surface area contributed by atoms with Gasteiger partial charge in [0.05, 0.1) is 18.5 Å². The molecule has 0 spiro atoms. The van der Waals surface area contributed by atoms with Crippen LogP contribution in [0.1, 0.15) is 61.1 Å². The number of carbonyl (C=O) groups excluding carboxylic acids is 2. The van der Waals surface area contributed by atoms with Crippen molar-refractivity contribution in [2.75, 3.05) is 12.4 Å². The second-order valence-corrected chi connectivity index (χ2v) is 10.1. The fourth-order valence-corrected chi connectivity index (χ4v) is 3.94. The minimum absolute atomic E-state index is 0.182. The molecule has 0 atom stereocenters. The number of methoxy groups -OCH3 is 1. The number of ether oxygens (including phenoxy) is 2. The van der Waals surface area contributed by atoms with Crippen LogP contribution in [-0.4, -0.2) is 29.7 Å². The van der Waals surface area contributed by atoms with Gasteiger partial charge in [0, 0.05) is 13.1 Å². The Hall–Kier alpha value is -4.11.